The monoisotopic (exact) mass is 550 g/mol. The first-order valence-corrected chi connectivity index (χ1v) is 14.9. The van der Waals surface area contributed by atoms with E-state index in [4.69, 9.17) is 4.74 Å². The molecule has 0 spiro atoms. The number of hydrogen-bond donors (Lipinski definition) is 0. The highest BCUT2D eigenvalue weighted by molar-refractivity contribution is 5.81. The molecule has 0 saturated heterocycles. The molecule has 3 rings (SSSR count). The van der Waals surface area contributed by atoms with E-state index in [0.717, 1.165) is 35.1 Å². The number of alkyl halides is 2. The minimum atomic E-state index is -2.01. The van der Waals surface area contributed by atoms with Gasteiger partial charge in [0.2, 0.25) is 5.67 Å². The zero-order valence-corrected chi connectivity index (χ0v) is 24.3. The van der Waals surface area contributed by atoms with E-state index in [0.29, 0.717) is 30.8 Å². The van der Waals surface area contributed by atoms with Crippen molar-refractivity contribution in [2.75, 3.05) is 0 Å². The van der Waals surface area contributed by atoms with Gasteiger partial charge in [-0.1, -0.05) is 94.7 Å². The highest BCUT2D eigenvalue weighted by Gasteiger charge is 2.34. The molecule has 0 saturated carbocycles. The third-order valence-electron chi connectivity index (χ3n) is 7.27. The Morgan fingerprint density at radius 2 is 1.38 bits per heavy atom. The first kappa shape index (κ1) is 31.4. The number of rotatable bonds is 17. The third kappa shape index (κ3) is 10.4. The molecule has 0 aliphatic heterocycles. The van der Waals surface area contributed by atoms with Gasteiger partial charge in [-0.25, -0.2) is 23.5 Å². The molecule has 0 amide bonds. The number of aromatic nitrogens is 2. The molecule has 0 unspecified atom stereocenters. The fourth-order valence-corrected chi connectivity index (χ4v) is 4.61. The van der Waals surface area contributed by atoms with Gasteiger partial charge < -0.3 is 4.74 Å². The van der Waals surface area contributed by atoms with Crippen LogP contribution in [0.1, 0.15) is 97.0 Å². The van der Waals surface area contributed by atoms with E-state index in [-0.39, 0.29) is 6.42 Å². The van der Waals surface area contributed by atoms with Crippen molar-refractivity contribution in [2.45, 2.75) is 110 Å². The molecule has 4 nitrogen and oxygen atoms in total. The first-order valence-electron chi connectivity index (χ1n) is 14.9. The molecule has 40 heavy (non-hydrogen) atoms. The lowest BCUT2D eigenvalue weighted by atomic mass is 9.99. The first-order chi connectivity index (χ1) is 19.3. The summed E-state index contributed by atoms with van der Waals surface area (Å²) in [7, 11) is 0. The maximum absolute atomic E-state index is 15.0. The second kappa shape index (κ2) is 16.2. The molecule has 0 bridgehead atoms. The molecule has 1 heterocycles. The van der Waals surface area contributed by atoms with Crippen LogP contribution in [0.2, 0.25) is 0 Å². The molecule has 2 aromatic carbocycles. The molecule has 6 heteroatoms. The minimum Gasteiger partial charge on any atom is -0.424 e. The van der Waals surface area contributed by atoms with Crippen molar-refractivity contribution in [3.05, 3.63) is 66.5 Å². The zero-order valence-electron chi connectivity index (χ0n) is 24.3. The summed E-state index contributed by atoms with van der Waals surface area (Å²) in [5.74, 6) is 0.0659. The number of aryl methyl sites for hydroxylation is 1. The highest BCUT2D eigenvalue weighted by Crippen LogP contribution is 2.26. The molecule has 0 aliphatic carbocycles. The molecular weight excluding hydrogens is 506 g/mol. The predicted molar refractivity (Wildman–Crippen MR) is 159 cm³/mol. The second-order valence-corrected chi connectivity index (χ2v) is 11.0. The van der Waals surface area contributed by atoms with Gasteiger partial charge in [0, 0.05) is 23.5 Å². The number of carbonyl (C=O) groups is 1. The Kier molecular flexibility index (Phi) is 12.7. The van der Waals surface area contributed by atoms with Gasteiger partial charge in [-0.05, 0) is 62.8 Å². The normalized spacial score (nSPS) is 13.5. The SMILES string of the molecule is CCCCCCCCCCC[C@](C)(F)C(=O)Oc1ccc(-c2cnc(-c3ccc(CC[C@H](C)F)cc3)nc2)cc1. The summed E-state index contributed by atoms with van der Waals surface area (Å²) in [6.07, 6.45) is 14.3. The average Bonchev–Trinajstić information content (AvgIpc) is 2.96. The zero-order chi connectivity index (χ0) is 28.8. The number of esters is 1. The Bertz CT molecular complexity index is 1140. The van der Waals surface area contributed by atoms with E-state index in [1.165, 1.54) is 45.4 Å². The van der Waals surface area contributed by atoms with Crippen LogP contribution in [-0.4, -0.2) is 27.8 Å². The average molecular weight is 551 g/mol. The summed E-state index contributed by atoms with van der Waals surface area (Å²) in [5.41, 5.74) is 1.65. The molecule has 0 radical (unpaired) electrons. The topological polar surface area (TPSA) is 52.1 Å². The Labute approximate surface area is 238 Å². The van der Waals surface area contributed by atoms with Gasteiger partial charge in [0.15, 0.2) is 5.82 Å². The van der Waals surface area contributed by atoms with Crippen LogP contribution in [0.4, 0.5) is 8.78 Å². The number of nitrogens with zero attached hydrogens (tertiary/aromatic N) is 2. The lowest BCUT2D eigenvalue weighted by Gasteiger charge is -2.18. The number of unbranched alkanes of at least 4 members (excludes halogenated alkanes) is 8. The summed E-state index contributed by atoms with van der Waals surface area (Å²) < 4.78 is 33.4. The maximum atomic E-state index is 15.0. The molecule has 0 aliphatic rings. The van der Waals surface area contributed by atoms with E-state index in [2.05, 4.69) is 16.9 Å². The molecule has 3 aromatic rings. The quantitative estimate of drug-likeness (QED) is 0.0954. The molecule has 2 atom stereocenters. The van der Waals surface area contributed by atoms with Gasteiger partial charge >= 0.3 is 5.97 Å². The largest absolute Gasteiger partial charge is 0.424 e. The van der Waals surface area contributed by atoms with Crippen LogP contribution in [0.3, 0.4) is 0 Å². The Hall–Kier alpha value is -3.15. The fourth-order valence-electron chi connectivity index (χ4n) is 4.61. The maximum Gasteiger partial charge on any atom is 0.348 e. The summed E-state index contributed by atoms with van der Waals surface area (Å²) in [6, 6.07) is 14.8. The molecule has 0 N–H and O–H groups in total. The van der Waals surface area contributed by atoms with Gasteiger partial charge in [-0.2, -0.15) is 0 Å². The van der Waals surface area contributed by atoms with Crippen LogP contribution in [-0.2, 0) is 11.2 Å². The lowest BCUT2D eigenvalue weighted by Crippen LogP contribution is -2.34. The Balaban J connectivity index is 1.45. The molecule has 0 fully saturated rings. The van der Waals surface area contributed by atoms with Gasteiger partial charge in [-0.15, -0.1) is 0 Å². The highest BCUT2D eigenvalue weighted by atomic mass is 19.1. The van der Waals surface area contributed by atoms with Crippen molar-refractivity contribution >= 4 is 5.97 Å². The van der Waals surface area contributed by atoms with E-state index >= 15 is 0 Å². The molecule has 1 aromatic heterocycles. The van der Waals surface area contributed by atoms with Crippen molar-refractivity contribution in [1.29, 1.82) is 0 Å². The van der Waals surface area contributed by atoms with Crippen molar-refractivity contribution in [1.82, 2.24) is 9.97 Å². The van der Waals surface area contributed by atoms with Gasteiger partial charge in [0.1, 0.15) is 5.75 Å². The standard InChI is InChI=1S/C34H44F2N2O2/c1-4-5-6-7-8-9-10-11-12-23-34(3,36)33(39)40-31-21-19-28(20-22-31)30-24-37-32(38-25-30)29-17-15-27(16-18-29)14-13-26(2)35/h15-22,24-26H,4-14,23H2,1-3H3/t26-,34-/m0/s1. The Morgan fingerprint density at radius 1 is 0.825 bits per heavy atom. The number of hydrogen-bond acceptors (Lipinski definition) is 4. The van der Waals surface area contributed by atoms with Crippen LogP contribution in [0.25, 0.3) is 22.5 Å². The van der Waals surface area contributed by atoms with Crippen LogP contribution >= 0.6 is 0 Å². The van der Waals surface area contributed by atoms with Crippen molar-refractivity contribution < 1.29 is 18.3 Å². The van der Waals surface area contributed by atoms with E-state index in [1.54, 1.807) is 43.6 Å². The van der Waals surface area contributed by atoms with Crippen molar-refractivity contribution in [3.8, 4) is 28.3 Å². The van der Waals surface area contributed by atoms with E-state index in [1.807, 2.05) is 24.3 Å². The number of benzene rings is 2. The minimum absolute atomic E-state index is 0.170. The smallest absolute Gasteiger partial charge is 0.348 e. The summed E-state index contributed by atoms with van der Waals surface area (Å²) in [5, 5.41) is 0. The van der Waals surface area contributed by atoms with Crippen LogP contribution < -0.4 is 4.74 Å². The lowest BCUT2D eigenvalue weighted by molar-refractivity contribution is -0.147. The number of carbonyl (C=O) groups excluding carboxylic acids is 1. The predicted octanol–water partition coefficient (Wildman–Crippen LogP) is 9.66. The summed E-state index contributed by atoms with van der Waals surface area (Å²) >= 11 is 0. The summed E-state index contributed by atoms with van der Waals surface area (Å²) in [6.45, 7) is 5.10. The Morgan fingerprint density at radius 3 is 1.95 bits per heavy atom. The van der Waals surface area contributed by atoms with Gasteiger partial charge in [0.25, 0.3) is 0 Å². The van der Waals surface area contributed by atoms with E-state index < -0.39 is 17.8 Å². The van der Waals surface area contributed by atoms with Crippen molar-refractivity contribution in [3.63, 3.8) is 0 Å². The molecular formula is C34H44F2N2O2. The van der Waals surface area contributed by atoms with E-state index in [9.17, 15) is 13.6 Å². The van der Waals surface area contributed by atoms with Crippen LogP contribution in [0.5, 0.6) is 5.75 Å². The van der Waals surface area contributed by atoms with Gasteiger partial charge in [0.05, 0.1) is 6.17 Å². The van der Waals surface area contributed by atoms with Crippen LogP contribution in [0.15, 0.2) is 60.9 Å². The molecule has 216 valence electrons. The van der Waals surface area contributed by atoms with Gasteiger partial charge in [-0.3, -0.25) is 0 Å². The van der Waals surface area contributed by atoms with Crippen molar-refractivity contribution in [2.24, 2.45) is 0 Å². The van der Waals surface area contributed by atoms with Crippen LogP contribution in [0, 0.1) is 0 Å². The fraction of sp³-hybridized carbons (Fsp3) is 0.500. The number of halogens is 2. The summed E-state index contributed by atoms with van der Waals surface area (Å²) in [4.78, 5) is 21.5. The third-order valence-corrected chi connectivity index (χ3v) is 7.27. The number of ether oxygens (including phenoxy) is 1. The second-order valence-electron chi connectivity index (χ2n) is 11.0.